The van der Waals surface area contributed by atoms with Crippen LogP contribution >= 0.6 is 0 Å². The zero-order valence-corrected chi connectivity index (χ0v) is 22.1. The van der Waals surface area contributed by atoms with Crippen molar-refractivity contribution in [2.45, 2.75) is 116 Å². The molecule has 0 saturated heterocycles. The predicted octanol–water partition coefficient (Wildman–Crippen LogP) is 4.60. The summed E-state index contributed by atoms with van der Waals surface area (Å²) >= 11 is 0. The molecule has 1 N–H and O–H groups in total. The van der Waals surface area contributed by atoms with Crippen LogP contribution in [0.5, 0.6) is 0 Å². The Morgan fingerprint density at radius 2 is 1.21 bits per heavy atom. The Balaban J connectivity index is 3.29. The van der Waals surface area contributed by atoms with Crippen molar-refractivity contribution in [2.75, 3.05) is 46.9 Å². The summed E-state index contributed by atoms with van der Waals surface area (Å²) in [6.45, 7) is 4.60. The lowest BCUT2D eigenvalue weighted by molar-refractivity contribution is -0.885. The van der Waals surface area contributed by atoms with Crippen LogP contribution in [0.2, 0.25) is 0 Å². The van der Waals surface area contributed by atoms with E-state index in [1.807, 2.05) is 14.1 Å². The Hall–Kier alpha value is -1.14. The summed E-state index contributed by atoms with van der Waals surface area (Å²) < 4.78 is 5.89. The number of quaternary nitrogens is 1. The van der Waals surface area contributed by atoms with Gasteiger partial charge in [-0.05, 0) is 12.8 Å². The van der Waals surface area contributed by atoms with Gasteiger partial charge < -0.3 is 24.4 Å². The molecule has 0 fully saturated rings. The molecule has 0 aliphatic heterocycles. The van der Waals surface area contributed by atoms with Crippen molar-refractivity contribution >= 4 is 11.9 Å². The smallest absolute Gasteiger partial charge is 0.219 e. The predicted molar refractivity (Wildman–Crippen MR) is 135 cm³/mol. The molecule has 33 heavy (non-hydrogen) atoms. The summed E-state index contributed by atoms with van der Waals surface area (Å²) in [4.78, 5) is 22.6. The molecule has 0 spiro atoms. The molecule has 6 nitrogen and oxygen atoms in total. The van der Waals surface area contributed by atoms with Crippen LogP contribution < -0.4 is 10.4 Å². The van der Waals surface area contributed by atoms with Gasteiger partial charge in [0.15, 0.2) is 0 Å². The molecule has 0 radical (unpaired) electrons. The highest BCUT2D eigenvalue weighted by Crippen LogP contribution is 2.13. The van der Waals surface area contributed by atoms with Crippen molar-refractivity contribution in [2.24, 2.45) is 0 Å². The lowest BCUT2D eigenvalue weighted by atomic mass is 10.0. The molecule has 1 amide bonds. The maximum atomic E-state index is 11.9. The molecule has 0 atom stereocenters. The maximum Gasteiger partial charge on any atom is 0.219 e. The second-order valence-electron chi connectivity index (χ2n) is 10.2. The van der Waals surface area contributed by atoms with Crippen molar-refractivity contribution in [3.8, 4) is 0 Å². The minimum absolute atomic E-state index is 0.0152. The minimum Gasteiger partial charge on any atom is -0.544 e. The van der Waals surface area contributed by atoms with E-state index in [1.54, 1.807) is 0 Å². The van der Waals surface area contributed by atoms with Gasteiger partial charge in [-0.2, -0.15) is 0 Å². The summed E-state index contributed by atoms with van der Waals surface area (Å²) in [5, 5.41) is 13.6. The van der Waals surface area contributed by atoms with Crippen molar-refractivity contribution in [1.82, 2.24) is 5.32 Å². The topological polar surface area (TPSA) is 78.5 Å². The zero-order chi connectivity index (χ0) is 24.6. The molecule has 0 aromatic rings. The monoisotopic (exact) mass is 470 g/mol. The SMILES string of the molecule is CCCCCCCCCCCCCCCCCC(=O)NCCCOCC[N+](C)(C)CC(=O)[O-]. The van der Waals surface area contributed by atoms with Gasteiger partial charge in [0.25, 0.3) is 0 Å². The number of ether oxygens (including phenoxy) is 1. The van der Waals surface area contributed by atoms with E-state index in [0.29, 0.717) is 37.2 Å². The molecule has 0 heterocycles. The van der Waals surface area contributed by atoms with E-state index in [9.17, 15) is 14.7 Å². The van der Waals surface area contributed by atoms with Gasteiger partial charge in [-0.3, -0.25) is 4.79 Å². The summed E-state index contributed by atoms with van der Waals surface area (Å²) in [5.74, 6) is -0.909. The highest BCUT2D eigenvalue weighted by Gasteiger charge is 2.14. The van der Waals surface area contributed by atoms with Gasteiger partial charge in [-0.15, -0.1) is 0 Å². The lowest BCUT2D eigenvalue weighted by Crippen LogP contribution is -2.49. The molecule has 196 valence electrons. The molecular weight excluding hydrogens is 416 g/mol. The average Bonchev–Trinajstić information content (AvgIpc) is 2.74. The Kier molecular flexibility index (Phi) is 21.9. The number of nitrogens with zero attached hydrogens (tertiary/aromatic N) is 1. The van der Waals surface area contributed by atoms with Crippen LogP contribution in [0.15, 0.2) is 0 Å². The fraction of sp³-hybridized carbons (Fsp3) is 0.926. The maximum absolute atomic E-state index is 11.9. The third kappa shape index (κ3) is 25.3. The number of unbranched alkanes of at least 4 members (excludes halogenated alkanes) is 14. The van der Waals surface area contributed by atoms with Gasteiger partial charge in [0, 0.05) is 19.6 Å². The van der Waals surface area contributed by atoms with Gasteiger partial charge in [0.05, 0.1) is 26.7 Å². The molecule has 0 aromatic carbocycles. The molecule has 0 aliphatic rings. The van der Waals surface area contributed by atoms with Crippen LogP contribution in [0.25, 0.3) is 0 Å². The van der Waals surface area contributed by atoms with Crippen LogP contribution in [0.4, 0.5) is 0 Å². The fourth-order valence-corrected chi connectivity index (χ4v) is 3.99. The largest absolute Gasteiger partial charge is 0.544 e. The minimum atomic E-state index is -1.04. The first kappa shape index (κ1) is 31.9. The van der Waals surface area contributed by atoms with Crippen LogP contribution in [-0.4, -0.2) is 63.3 Å². The normalized spacial score (nSPS) is 11.6. The molecule has 0 rings (SSSR count). The third-order valence-electron chi connectivity index (χ3n) is 6.19. The molecular formula is C27H54N2O4. The van der Waals surface area contributed by atoms with Gasteiger partial charge in [0.2, 0.25) is 5.91 Å². The number of hydrogen-bond acceptors (Lipinski definition) is 4. The first-order valence-electron chi connectivity index (χ1n) is 13.7. The van der Waals surface area contributed by atoms with Gasteiger partial charge >= 0.3 is 0 Å². The summed E-state index contributed by atoms with van der Waals surface area (Å²) in [6.07, 6.45) is 21.4. The molecule has 0 aromatic heterocycles. The van der Waals surface area contributed by atoms with Gasteiger partial charge in [-0.25, -0.2) is 0 Å². The zero-order valence-electron chi connectivity index (χ0n) is 22.1. The highest BCUT2D eigenvalue weighted by molar-refractivity contribution is 5.75. The first-order chi connectivity index (χ1) is 15.9. The van der Waals surface area contributed by atoms with Crippen molar-refractivity contribution in [3.05, 3.63) is 0 Å². The van der Waals surface area contributed by atoms with E-state index < -0.39 is 5.97 Å². The van der Waals surface area contributed by atoms with Crippen molar-refractivity contribution in [1.29, 1.82) is 0 Å². The van der Waals surface area contributed by atoms with E-state index in [2.05, 4.69) is 12.2 Å². The summed E-state index contributed by atoms with van der Waals surface area (Å²) in [6, 6.07) is 0. The first-order valence-corrected chi connectivity index (χ1v) is 13.7. The highest BCUT2D eigenvalue weighted by atomic mass is 16.5. The van der Waals surface area contributed by atoms with Gasteiger partial charge in [-0.1, -0.05) is 96.8 Å². The lowest BCUT2D eigenvalue weighted by Gasteiger charge is -2.29. The number of carboxylic acid groups (broad SMARTS) is 1. The summed E-state index contributed by atoms with van der Waals surface area (Å²) in [5.41, 5.74) is 0. The van der Waals surface area contributed by atoms with Crippen LogP contribution in [0, 0.1) is 0 Å². The number of aliphatic carboxylic acids is 1. The second kappa shape index (κ2) is 22.6. The molecule has 0 unspecified atom stereocenters. The van der Waals surface area contributed by atoms with E-state index in [-0.39, 0.29) is 12.5 Å². The number of carbonyl (C=O) groups is 2. The van der Waals surface area contributed by atoms with E-state index in [1.165, 1.54) is 83.5 Å². The Morgan fingerprint density at radius 1 is 0.727 bits per heavy atom. The van der Waals surface area contributed by atoms with E-state index >= 15 is 0 Å². The van der Waals surface area contributed by atoms with Crippen molar-refractivity contribution in [3.63, 3.8) is 0 Å². The quantitative estimate of drug-likeness (QED) is 0.156. The molecule has 0 saturated carbocycles. The van der Waals surface area contributed by atoms with Gasteiger partial charge in [0.1, 0.15) is 13.1 Å². The molecule has 0 aliphatic carbocycles. The van der Waals surface area contributed by atoms with Crippen LogP contribution in [0.3, 0.4) is 0 Å². The Labute approximate surface area is 204 Å². The number of hydrogen-bond donors (Lipinski definition) is 1. The third-order valence-corrected chi connectivity index (χ3v) is 6.19. The number of nitrogens with one attached hydrogen (secondary N) is 1. The molecule has 0 bridgehead atoms. The molecule has 6 heteroatoms. The fourth-order valence-electron chi connectivity index (χ4n) is 3.99. The number of amides is 1. The number of rotatable bonds is 25. The Bertz CT molecular complexity index is 469. The number of carbonyl (C=O) groups excluding carboxylic acids is 2. The van der Waals surface area contributed by atoms with E-state index in [0.717, 1.165) is 19.3 Å². The van der Waals surface area contributed by atoms with Crippen LogP contribution in [-0.2, 0) is 14.3 Å². The standard InChI is InChI=1S/C27H54N2O4/c1-4-5-6-7-8-9-10-11-12-13-14-15-16-17-18-20-26(30)28-21-19-23-33-24-22-29(2,3)25-27(31)32/h4-25H2,1-3H3,(H-,28,30,31,32). The van der Waals surface area contributed by atoms with Crippen molar-refractivity contribution < 1.29 is 23.9 Å². The number of carboxylic acids is 1. The van der Waals surface area contributed by atoms with Crippen LogP contribution in [0.1, 0.15) is 116 Å². The number of likely N-dealkylation sites (N-methyl/N-ethyl adjacent to an activating group) is 1. The average molecular weight is 471 g/mol. The van der Waals surface area contributed by atoms with E-state index in [4.69, 9.17) is 4.74 Å². The second-order valence-corrected chi connectivity index (χ2v) is 10.2. The summed E-state index contributed by atoms with van der Waals surface area (Å²) in [7, 11) is 3.69. The Morgan fingerprint density at radius 3 is 1.70 bits per heavy atom.